The van der Waals surface area contributed by atoms with Gasteiger partial charge >= 0.3 is 0 Å². The van der Waals surface area contributed by atoms with Crippen molar-refractivity contribution >= 4 is 17.3 Å². The Morgan fingerprint density at radius 3 is 2.71 bits per heavy atom. The molecule has 1 amide bonds. The molecule has 0 fully saturated rings. The highest BCUT2D eigenvalue weighted by atomic mass is 32.2. The van der Waals surface area contributed by atoms with Gasteiger partial charge in [0.15, 0.2) is 0 Å². The minimum Gasteiger partial charge on any atom is -0.750 e. The number of carbonyl (C=O) groups is 1. The van der Waals surface area contributed by atoms with E-state index in [1.165, 1.54) is 0 Å². The maximum absolute atomic E-state index is 11.0. The van der Waals surface area contributed by atoms with Crippen molar-refractivity contribution in [1.29, 1.82) is 0 Å². The summed E-state index contributed by atoms with van der Waals surface area (Å²) in [5, 5.41) is 2.59. The molecule has 0 aliphatic rings. The summed E-state index contributed by atoms with van der Waals surface area (Å²) in [5.41, 5.74) is 0.422. The summed E-state index contributed by atoms with van der Waals surface area (Å²) < 4.78 is 24.4. The molecular formula is C8H14NO4S-. The highest BCUT2D eigenvalue weighted by Crippen LogP contribution is 1.96. The predicted molar refractivity (Wildman–Crippen MR) is 51.9 cm³/mol. The van der Waals surface area contributed by atoms with Gasteiger partial charge in [0.2, 0.25) is 5.91 Å². The molecule has 0 spiro atoms. The van der Waals surface area contributed by atoms with Gasteiger partial charge in [-0.15, -0.1) is 0 Å². The number of hydrogen-bond acceptors (Lipinski definition) is 4. The van der Waals surface area contributed by atoms with Gasteiger partial charge in [0.25, 0.3) is 0 Å². The van der Waals surface area contributed by atoms with Crippen LogP contribution in [0.5, 0.6) is 0 Å². The van der Waals surface area contributed by atoms with Crippen LogP contribution in [0.2, 0.25) is 0 Å². The average Bonchev–Trinajstić information content (AvgIpc) is 2.10. The molecule has 0 saturated carbocycles. The van der Waals surface area contributed by atoms with Crippen LogP contribution in [-0.2, 0) is 20.3 Å². The van der Waals surface area contributed by atoms with Gasteiger partial charge in [0, 0.05) is 12.1 Å². The molecule has 0 aromatic rings. The van der Waals surface area contributed by atoms with Crippen LogP contribution in [-0.4, -0.2) is 27.8 Å². The Balaban J connectivity index is 3.63. The quantitative estimate of drug-likeness (QED) is 0.509. The molecule has 0 bridgehead atoms. The van der Waals surface area contributed by atoms with E-state index in [1.54, 1.807) is 13.8 Å². The number of rotatable bonds is 6. The second kappa shape index (κ2) is 6.69. The van der Waals surface area contributed by atoms with Gasteiger partial charge in [0.05, 0.1) is 18.0 Å². The molecule has 0 rings (SSSR count). The topological polar surface area (TPSA) is 78.5 Å². The molecule has 0 aromatic carbocycles. The second-order valence-electron chi connectivity index (χ2n) is 3.08. The van der Waals surface area contributed by atoms with Crippen LogP contribution in [0.3, 0.4) is 0 Å². The molecule has 0 aliphatic carbocycles. The molecule has 0 saturated heterocycles. The molecule has 2 atom stereocenters. The van der Waals surface area contributed by atoms with E-state index in [2.05, 4.69) is 16.1 Å². The highest BCUT2D eigenvalue weighted by Gasteiger charge is 2.05. The molecule has 6 heteroatoms. The Kier molecular flexibility index (Phi) is 6.35. The molecule has 82 valence electrons. The van der Waals surface area contributed by atoms with Gasteiger partial charge in [-0.2, -0.15) is 0 Å². The molecule has 0 aromatic heterocycles. The Labute approximate surface area is 86.0 Å². The lowest BCUT2D eigenvalue weighted by Crippen LogP contribution is -2.30. The maximum Gasteiger partial charge on any atom is 0.246 e. The maximum atomic E-state index is 11.0. The average molecular weight is 220 g/mol. The van der Waals surface area contributed by atoms with Crippen LogP contribution in [0, 0.1) is 5.92 Å². The fraction of sp³-hybridized carbons (Fsp3) is 0.625. The Hall–Kier alpha value is -0.720. The fourth-order valence-corrected chi connectivity index (χ4v) is 0.992. The standard InChI is InChI=1S/C8H15NO4S/c1-6(2)8(10)9-4-7(3)5-13-14(11)12/h7H,1,4-5H2,2-3H3,(H,9,10)(H,11,12)/p-1. The van der Waals surface area contributed by atoms with Crippen molar-refractivity contribution in [3.05, 3.63) is 12.2 Å². The summed E-state index contributed by atoms with van der Waals surface area (Å²) in [4.78, 5) is 11.0. The first-order valence-corrected chi connectivity index (χ1v) is 5.09. The van der Waals surface area contributed by atoms with Crippen molar-refractivity contribution in [1.82, 2.24) is 5.32 Å². The molecule has 0 aliphatic heterocycles. The van der Waals surface area contributed by atoms with E-state index in [-0.39, 0.29) is 18.4 Å². The molecule has 14 heavy (non-hydrogen) atoms. The minimum atomic E-state index is -2.49. The monoisotopic (exact) mass is 220 g/mol. The summed E-state index contributed by atoms with van der Waals surface area (Å²) in [7, 11) is 0. The van der Waals surface area contributed by atoms with Crippen molar-refractivity contribution in [2.45, 2.75) is 13.8 Å². The van der Waals surface area contributed by atoms with Crippen molar-refractivity contribution in [3.63, 3.8) is 0 Å². The minimum absolute atomic E-state index is 0.0591. The number of hydrogen-bond donors (Lipinski definition) is 1. The number of carbonyl (C=O) groups excluding carboxylic acids is 1. The smallest absolute Gasteiger partial charge is 0.246 e. The van der Waals surface area contributed by atoms with Crippen LogP contribution in [0.1, 0.15) is 13.8 Å². The first-order valence-electron chi connectivity index (χ1n) is 4.09. The van der Waals surface area contributed by atoms with E-state index in [9.17, 15) is 13.6 Å². The molecule has 5 nitrogen and oxygen atoms in total. The lowest BCUT2D eigenvalue weighted by molar-refractivity contribution is -0.117. The van der Waals surface area contributed by atoms with Crippen LogP contribution in [0.25, 0.3) is 0 Å². The Morgan fingerprint density at radius 2 is 2.29 bits per heavy atom. The number of nitrogens with one attached hydrogen (secondary N) is 1. The lowest BCUT2D eigenvalue weighted by atomic mass is 10.2. The van der Waals surface area contributed by atoms with Crippen molar-refractivity contribution < 1.29 is 17.7 Å². The Morgan fingerprint density at radius 1 is 1.71 bits per heavy atom. The van der Waals surface area contributed by atoms with E-state index in [0.29, 0.717) is 12.1 Å². The largest absolute Gasteiger partial charge is 0.750 e. The SMILES string of the molecule is C=C(C)C(=O)NCC(C)COS(=O)[O-]. The van der Waals surface area contributed by atoms with Gasteiger partial charge in [0.1, 0.15) is 0 Å². The summed E-state index contributed by atoms with van der Waals surface area (Å²) in [6.07, 6.45) is 0. The van der Waals surface area contributed by atoms with E-state index < -0.39 is 11.4 Å². The third-order valence-corrected chi connectivity index (χ3v) is 1.78. The van der Waals surface area contributed by atoms with Gasteiger partial charge in [-0.3, -0.25) is 4.79 Å². The van der Waals surface area contributed by atoms with Crippen molar-refractivity contribution in [2.75, 3.05) is 13.2 Å². The zero-order valence-electron chi connectivity index (χ0n) is 8.24. The van der Waals surface area contributed by atoms with Crippen LogP contribution in [0.15, 0.2) is 12.2 Å². The summed E-state index contributed by atoms with van der Waals surface area (Å²) in [6.45, 7) is 7.26. The molecule has 0 heterocycles. The van der Waals surface area contributed by atoms with Crippen LogP contribution >= 0.6 is 0 Å². The van der Waals surface area contributed by atoms with Crippen LogP contribution in [0.4, 0.5) is 0 Å². The normalized spacial score (nSPS) is 14.5. The predicted octanol–water partition coefficient (Wildman–Crippen LogP) is 0.125. The van der Waals surface area contributed by atoms with Gasteiger partial charge in [-0.05, 0) is 12.8 Å². The van der Waals surface area contributed by atoms with E-state index in [1.807, 2.05) is 0 Å². The number of amides is 1. The zero-order chi connectivity index (χ0) is 11.1. The molecule has 1 N–H and O–H groups in total. The van der Waals surface area contributed by atoms with Crippen molar-refractivity contribution in [2.24, 2.45) is 5.92 Å². The van der Waals surface area contributed by atoms with E-state index in [0.717, 1.165) is 0 Å². The van der Waals surface area contributed by atoms with Gasteiger partial charge < -0.3 is 14.1 Å². The third kappa shape index (κ3) is 6.76. The summed E-state index contributed by atoms with van der Waals surface area (Å²) in [5.74, 6) is -0.295. The second-order valence-corrected chi connectivity index (χ2v) is 3.73. The van der Waals surface area contributed by atoms with Gasteiger partial charge in [-0.25, -0.2) is 4.21 Å². The lowest BCUT2D eigenvalue weighted by Gasteiger charge is -2.13. The molecule has 2 unspecified atom stereocenters. The third-order valence-electron chi connectivity index (χ3n) is 1.45. The van der Waals surface area contributed by atoms with E-state index in [4.69, 9.17) is 0 Å². The molecule has 0 radical (unpaired) electrons. The van der Waals surface area contributed by atoms with E-state index >= 15 is 0 Å². The van der Waals surface area contributed by atoms with Gasteiger partial charge in [-0.1, -0.05) is 13.5 Å². The first-order chi connectivity index (χ1) is 6.43. The fourth-order valence-electron chi connectivity index (χ4n) is 0.648. The zero-order valence-corrected chi connectivity index (χ0v) is 9.06. The Bertz CT molecular complexity index is 241. The highest BCUT2D eigenvalue weighted by molar-refractivity contribution is 7.74. The molecular weight excluding hydrogens is 206 g/mol. The summed E-state index contributed by atoms with van der Waals surface area (Å²) in [6, 6.07) is 0. The summed E-state index contributed by atoms with van der Waals surface area (Å²) >= 11 is -2.49. The van der Waals surface area contributed by atoms with Crippen molar-refractivity contribution in [3.8, 4) is 0 Å². The van der Waals surface area contributed by atoms with Crippen LogP contribution < -0.4 is 5.32 Å². The first kappa shape index (κ1) is 13.3.